The van der Waals surface area contributed by atoms with Gasteiger partial charge in [0.2, 0.25) is 0 Å². The van der Waals surface area contributed by atoms with Gasteiger partial charge >= 0.3 is 11.9 Å². The minimum Gasteiger partial charge on any atom is -0.504 e. The highest BCUT2D eigenvalue weighted by molar-refractivity contribution is 5.97. The van der Waals surface area contributed by atoms with Gasteiger partial charge in [-0.1, -0.05) is 25.3 Å². The fraction of sp³-hybridized carbons (Fsp3) is 0.200. The van der Waals surface area contributed by atoms with Gasteiger partial charge in [-0.2, -0.15) is 0 Å². The number of phenols is 6. The van der Waals surface area contributed by atoms with Gasteiger partial charge in [-0.05, 0) is 141 Å². The molecule has 4 aliphatic rings. The molecule has 6 aromatic rings. The summed E-state index contributed by atoms with van der Waals surface area (Å²) in [4.78, 5) is 45.6. The number of hydrogen-bond donors (Lipinski definition) is 8. The number of nitrogens with one attached hydrogen (secondary N) is 2. The molecule has 10 rings (SSSR count). The topological polar surface area (TPSA) is 241 Å². The maximum absolute atomic E-state index is 14.2. The van der Waals surface area contributed by atoms with E-state index in [0.717, 1.165) is 66.6 Å². The largest absolute Gasteiger partial charge is 0.504 e. The molecule has 7 heterocycles. The van der Waals surface area contributed by atoms with Crippen molar-refractivity contribution in [2.24, 2.45) is 0 Å². The summed E-state index contributed by atoms with van der Waals surface area (Å²) < 4.78 is 18.7. The molecule has 2 unspecified atom stereocenters. The monoisotopic (exact) mass is 940 g/mol. The van der Waals surface area contributed by atoms with E-state index in [1.54, 1.807) is 6.07 Å². The molecule has 4 aliphatic heterocycles. The minimum absolute atomic E-state index is 0.0311. The molecule has 15 heteroatoms. The summed E-state index contributed by atoms with van der Waals surface area (Å²) in [7, 11) is 0. The van der Waals surface area contributed by atoms with Crippen LogP contribution in [0.5, 0.6) is 51.7 Å². The van der Waals surface area contributed by atoms with Crippen molar-refractivity contribution in [2.75, 3.05) is 0 Å². The van der Waals surface area contributed by atoms with E-state index in [1.165, 1.54) is 30.3 Å². The molecule has 2 atom stereocenters. The fourth-order valence-electron chi connectivity index (χ4n) is 9.94. The van der Waals surface area contributed by atoms with Gasteiger partial charge in [-0.3, -0.25) is 9.59 Å². The lowest BCUT2D eigenvalue weighted by Crippen LogP contribution is -2.25. The Hall–Kier alpha value is -8.72. The number of allylic oxidation sites excluding steroid dienone is 4. The third-order valence-electron chi connectivity index (χ3n) is 13.8. The Morgan fingerprint density at radius 1 is 0.571 bits per heavy atom. The van der Waals surface area contributed by atoms with Crippen molar-refractivity contribution in [3.05, 3.63) is 136 Å². The van der Waals surface area contributed by atoms with E-state index in [-0.39, 0.29) is 60.5 Å². The Labute approximate surface area is 400 Å². The molecule has 15 nitrogen and oxygen atoms in total. The van der Waals surface area contributed by atoms with Crippen molar-refractivity contribution in [3.63, 3.8) is 0 Å². The Kier molecular flexibility index (Phi) is 11.0. The smallest absolute Gasteiger partial charge is 0.311 e. The molecule has 8 N–H and O–H groups in total. The molecule has 0 fully saturated rings. The van der Waals surface area contributed by atoms with E-state index in [9.17, 15) is 40.2 Å². The molecule has 3 aromatic carbocycles. The number of aromatic amines is 2. The molecule has 354 valence electrons. The molecule has 0 radical (unpaired) electrons. The van der Waals surface area contributed by atoms with Gasteiger partial charge in [0.25, 0.3) is 0 Å². The van der Waals surface area contributed by atoms with Crippen LogP contribution in [0, 0.1) is 13.8 Å². The molecule has 0 aliphatic carbocycles. The number of aromatic hydroxyl groups is 6. The molecular weight excluding hydrogens is 893 g/mol. The molecule has 3 aromatic heterocycles. The molecular formula is C55H48N4O11. The number of rotatable bonds is 4. The zero-order chi connectivity index (χ0) is 49.4. The highest BCUT2D eigenvalue weighted by Gasteiger charge is 2.38. The third kappa shape index (κ3) is 7.74. The van der Waals surface area contributed by atoms with Gasteiger partial charge in [-0.15, -0.1) is 0 Å². The summed E-state index contributed by atoms with van der Waals surface area (Å²) in [6.45, 7) is 16.2. The number of esters is 2. The number of phenolic OH excluding ortho intramolecular Hbond substituents is 6. The number of aryl methyl sites for hydroxylation is 2. The number of hydrogen-bond acceptors (Lipinski definition) is 13. The lowest BCUT2D eigenvalue weighted by molar-refractivity contribution is -0.134. The van der Waals surface area contributed by atoms with Crippen molar-refractivity contribution < 1.29 is 54.4 Å². The SMILES string of the molecule is C=Cc1c(C)c2cc3[nH]c(cc4nc5cc6nc(cc1[nH]2)C(C)=C6CCC(=O)Oc1cc(cc2c1OC(c1cc(O)c(O)c(O)c1)C(c1cc(O)c(O)c(O)c1)C2)OC(=O)CCC5=C4C)c(C)c3C=C. The van der Waals surface area contributed by atoms with E-state index in [0.29, 0.717) is 28.3 Å². The molecule has 10 bridgehead atoms. The van der Waals surface area contributed by atoms with Crippen molar-refractivity contribution >= 4 is 68.4 Å². The van der Waals surface area contributed by atoms with Crippen molar-refractivity contribution in [3.8, 4) is 51.7 Å². The van der Waals surface area contributed by atoms with Crippen LogP contribution in [0.25, 0.3) is 56.5 Å². The molecule has 0 saturated carbocycles. The number of H-pyrrole nitrogens is 2. The zero-order valence-corrected chi connectivity index (χ0v) is 38.7. The van der Waals surface area contributed by atoms with Gasteiger partial charge in [0.1, 0.15) is 11.9 Å². The Bertz CT molecular complexity index is 3510. The van der Waals surface area contributed by atoms with Crippen LogP contribution in [-0.2, 0) is 16.0 Å². The van der Waals surface area contributed by atoms with Crippen molar-refractivity contribution in [1.29, 1.82) is 0 Å². The number of ether oxygens (including phenoxy) is 3. The summed E-state index contributed by atoms with van der Waals surface area (Å²) in [6, 6.07) is 15.7. The van der Waals surface area contributed by atoms with Gasteiger partial charge in [-0.25, -0.2) is 9.97 Å². The number of fused-ring (bicyclic) bond motifs is 10. The van der Waals surface area contributed by atoms with Crippen LogP contribution in [0.2, 0.25) is 0 Å². The second-order valence-electron chi connectivity index (χ2n) is 18.0. The normalized spacial score (nSPS) is 17.0. The van der Waals surface area contributed by atoms with Crippen LogP contribution in [0.4, 0.5) is 0 Å². The third-order valence-corrected chi connectivity index (χ3v) is 13.8. The number of aromatic nitrogens is 4. The number of carbonyl (C=O) groups excluding carboxylic acids is 2. The van der Waals surface area contributed by atoms with Crippen LogP contribution in [0.15, 0.2) is 73.8 Å². The fourth-order valence-corrected chi connectivity index (χ4v) is 9.94. The number of carbonyl (C=O) groups is 2. The number of nitrogens with zero attached hydrogens (tertiary/aromatic N) is 2. The molecule has 70 heavy (non-hydrogen) atoms. The summed E-state index contributed by atoms with van der Waals surface area (Å²) >= 11 is 0. The molecule has 0 saturated heterocycles. The summed E-state index contributed by atoms with van der Waals surface area (Å²) in [5.41, 5.74) is 13.9. The van der Waals surface area contributed by atoms with E-state index >= 15 is 0 Å². The van der Waals surface area contributed by atoms with Gasteiger partial charge < -0.3 is 54.8 Å². The predicted molar refractivity (Wildman–Crippen MR) is 265 cm³/mol. The second-order valence-corrected chi connectivity index (χ2v) is 18.0. The summed E-state index contributed by atoms with van der Waals surface area (Å²) in [5.74, 6) is -6.09. The second kappa shape index (κ2) is 17.1. The highest BCUT2D eigenvalue weighted by atomic mass is 16.6. The van der Waals surface area contributed by atoms with Crippen LogP contribution >= 0.6 is 0 Å². The van der Waals surface area contributed by atoms with Crippen LogP contribution in [0.1, 0.15) is 113 Å². The minimum atomic E-state index is -1.12. The maximum atomic E-state index is 14.2. The van der Waals surface area contributed by atoms with Crippen molar-refractivity contribution in [1.82, 2.24) is 19.9 Å². The van der Waals surface area contributed by atoms with Gasteiger partial charge in [0, 0.05) is 56.3 Å². The van der Waals surface area contributed by atoms with E-state index in [1.807, 2.05) is 58.0 Å². The Balaban J connectivity index is 1.13. The summed E-state index contributed by atoms with van der Waals surface area (Å²) in [6.07, 6.45) is 2.80. The van der Waals surface area contributed by atoms with Gasteiger partial charge in [0.05, 0.1) is 35.6 Å². The first-order valence-corrected chi connectivity index (χ1v) is 22.7. The zero-order valence-electron chi connectivity index (χ0n) is 38.7. The van der Waals surface area contributed by atoms with E-state index in [2.05, 4.69) is 29.2 Å². The first-order chi connectivity index (χ1) is 33.5. The lowest BCUT2D eigenvalue weighted by atomic mass is 9.81. The first-order valence-electron chi connectivity index (χ1n) is 22.7. The first kappa shape index (κ1) is 45.1. The predicted octanol–water partition coefficient (Wildman–Crippen LogP) is 10.9. The van der Waals surface area contributed by atoms with E-state index in [4.69, 9.17) is 24.2 Å². The standard InChI is InChI=1S/C55H48N4O11/c1-7-32-24(3)37-20-38-26(5)34-9-11-50(64)68-31-13-29-14-36(28-15-45(60)52(66)46(61)16-28)54(30-17-47(62)53(67)48(63)18-30)70-55(29)49(19-31)69-51(65)12-10-35-27(6)40(59-44(35)23-43(34)58-38)22-42-33(8-2)25(4)39(57-42)21-41(32)56-37/h7-8,13,15-23,36,54,56-57,60-63,66-67H,1-2,9-12,14H2,3-6H3. The lowest BCUT2D eigenvalue weighted by Gasteiger charge is -2.35. The van der Waals surface area contributed by atoms with Crippen LogP contribution in [-0.4, -0.2) is 62.5 Å². The molecule has 0 spiro atoms. The van der Waals surface area contributed by atoms with E-state index < -0.39 is 58.5 Å². The Morgan fingerprint density at radius 3 is 1.60 bits per heavy atom. The number of benzene rings is 3. The maximum Gasteiger partial charge on any atom is 0.311 e. The highest BCUT2D eigenvalue weighted by Crippen LogP contribution is 2.53. The average Bonchev–Trinajstić information content (AvgIpc) is 3.99. The average molecular weight is 941 g/mol. The van der Waals surface area contributed by atoms with Crippen LogP contribution < -0.4 is 14.2 Å². The molecule has 0 amide bonds. The van der Waals surface area contributed by atoms with Crippen LogP contribution in [0.3, 0.4) is 0 Å². The quantitative estimate of drug-likeness (QED) is 0.0467. The van der Waals surface area contributed by atoms with Crippen molar-refractivity contribution in [2.45, 2.75) is 71.8 Å². The van der Waals surface area contributed by atoms with Gasteiger partial charge in [0.15, 0.2) is 46.0 Å². The Morgan fingerprint density at radius 2 is 1.06 bits per heavy atom. The summed E-state index contributed by atoms with van der Waals surface area (Å²) in [5, 5.41) is 62.8.